The molecule has 7 heteroatoms. The van der Waals surface area contributed by atoms with Gasteiger partial charge >= 0.3 is 6.03 Å². The van der Waals surface area contributed by atoms with Gasteiger partial charge < -0.3 is 14.8 Å². The number of urea groups is 1. The number of hydrogen-bond donors (Lipinski definition) is 3. The van der Waals surface area contributed by atoms with Crippen LogP contribution in [0.2, 0.25) is 0 Å². The first kappa shape index (κ1) is 17.2. The minimum absolute atomic E-state index is 0.0190. The average Bonchev–Trinajstić information content (AvgIpc) is 3.19. The van der Waals surface area contributed by atoms with Gasteiger partial charge in [0, 0.05) is 17.5 Å². The first-order valence-electron chi connectivity index (χ1n) is 7.81. The SMILES string of the molecule is Cc1cc(-c2csc(NC(=O)NCc3cccc(CO)c3)n2)c(C)o1. The maximum absolute atomic E-state index is 12.0. The van der Waals surface area contributed by atoms with E-state index in [2.05, 4.69) is 15.6 Å². The van der Waals surface area contributed by atoms with E-state index >= 15 is 0 Å². The highest BCUT2D eigenvalue weighted by Gasteiger charge is 2.12. The Balaban J connectivity index is 1.59. The zero-order chi connectivity index (χ0) is 17.8. The van der Waals surface area contributed by atoms with Crippen LogP contribution in [0.3, 0.4) is 0 Å². The van der Waals surface area contributed by atoms with E-state index in [1.165, 1.54) is 11.3 Å². The lowest BCUT2D eigenvalue weighted by Gasteiger charge is -2.06. The van der Waals surface area contributed by atoms with Crippen molar-refractivity contribution in [1.82, 2.24) is 10.3 Å². The second kappa shape index (κ2) is 7.50. The normalized spacial score (nSPS) is 10.7. The molecule has 3 aromatic rings. The number of thiazole rings is 1. The molecule has 0 radical (unpaired) electrons. The standard InChI is InChI=1S/C18H19N3O3S/c1-11-6-15(12(2)24-11)16-10-25-18(20-16)21-17(23)19-8-13-4-3-5-14(7-13)9-22/h3-7,10,22H,8-9H2,1-2H3,(H2,19,20,21,23). The first-order chi connectivity index (χ1) is 12.0. The summed E-state index contributed by atoms with van der Waals surface area (Å²) in [5.74, 6) is 1.64. The van der Waals surface area contributed by atoms with Gasteiger partial charge in [0.2, 0.25) is 0 Å². The number of benzene rings is 1. The molecule has 0 saturated heterocycles. The zero-order valence-corrected chi connectivity index (χ0v) is 14.8. The summed E-state index contributed by atoms with van der Waals surface area (Å²) in [6.45, 7) is 4.13. The molecule has 2 heterocycles. The van der Waals surface area contributed by atoms with Crippen molar-refractivity contribution in [3.63, 3.8) is 0 Å². The second-order valence-corrected chi connectivity index (χ2v) is 6.51. The summed E-state index contributed by atoms with van der Waals surface area (Å²) in [5, 5.41) is 17.1. The molecule has 0 atom stereocenters. The van der Waals surface area contributed by atoms with Gasteiger partial charge in [0.05, 0.1) is 12.3 Å². The summed E-state index contributed by atoms with van der Waals surface area (Å²) < 4.78 is 5.51. The maximum atomic E-state index is 12.0. The number of hydrogen-bond acceptors (Lipinski definition) is 5. The van der Waals surface area contributed by atoms with Crippen LogP contribution in [0.15, 0.2) is 40.1 Å². The van der Waals surface area contributed by atoms with Crippen molar-refractivity contribution in [3.8, 4) is 11.3 Å². The third kappa shape index (κ3) is 4.26. The minimum Gasteiger partial charge on any atom is -0.466 e. The average molecular weight is 357 g/mol. The molecule has 3 rings (SSSR count). The van der Waals surface area contributed by atoms with Gasteiger partial charge in [-0.1, -0.05) is 24.3 Å². The van der Waals surface area contributed by atoms with Crippen LogP contribution in [0.4, 0.5) is 9.93 Å². The predicted octanol–water partition coefficient (Wildman–Crippen LogP) is 3.83. The van der Waals surface area contributed by atoms with Crippen molar-refractivity contribution in [2.24, 2.45) is 0 Å². The van der Waals surface area contributed by atoms with Gasteiger partial charge in [0.25, 0.3) is 0 Å². The molecule has 3 N–H and O–H groups in total. The summed E-state index contributed by atoms with van der Waals surface area (Å²) in [4.78, 5) is 16.5. The summed E-state index contributed by atoms with van der Waals surface area (Å²) in [5.41, 5.74) is 3.45. The van der Waals surface area contributed by atoms with Crippen LogP contribution in [0.25, 0.3) is 11.3 Å². The van der Waals surface area contributed by atoms with Crippen LogP contribution >= 0.6 is 11.3 Å². The van der Waals surface area contributed by atoms with Crippen molar-refractivity contribution < 1.29 is 14.3 Å². The van der Waals surface area contributed by atoms with Crippen molar-refractivity contribution in [2.75, 3.05) is 5.32 Å². The summed E-state index contributed by atoms with van der Waals surface area (Å²) >= 11 is 1.36. The van der Waals surface area contributed by atoms with Crippen molar-refractivity contribution in [1.29, 1.82) is 0 Å². The summed E-state index contributed by atoms with van der Waals surface area (Å²) in [7, 11) is 0. The third-order valence-corrected chi connectivity index (χ3v) is 4.43. The van der Waals surface area contributed by atoms with Crippen molar-refractivity contribution in [3.05, 3.63) is 58.4 Å². The molecule has 0 saturated carbocycles. The lowest BCUT2D eigenvalue weighted by molar-refractivity contribution is 0.251. The Morgan fingerprint density at radius 2 is 2.08 bits per heavy atom. The quantitative estimate of drug-likeness (QED) is 0.647. The van der Waals surface area contributed by atoms with Crippen molar-refractivity contribution >= 4 is 22.5 Å². The van der Waals surface area contributed by atoms with Crippen molar-refractivity contribution in [2.45, 2.75) is 27.0 Å². The highest BCUT2D eigenvalue weighted by molar-refractivity contribution is 7.14. The highest BCUT2D eigenvalue weighted by atomic mass is 32.1. The Morgan fingerprint density at radius 1 is 1.28 bits per heavy atom. The Bertz CT molecular complexity index is 885. The van der Waals surface area contributed by atoms with Crippen LogP contribution in [-0.4, -0.2) is 16.1 Å². The van der Waals surface area contributed by atoms with E-state index in [9.17, 15) is 4.79 Å². The number of rotatable bonds is 5. The lowest BCUT2D eigenvalue weighted by Crippen LogP contribution is -2.28. The fourth-order valence-corrected chi connectivity index (χ4v) is 3.21. The number of carbonyl (C=O) groups is 1. The smallest absolute Gasteiger partial charge is 0.321 e. The second-order valence-electron chi connectivity index (χ2n) is 5.65. The predicted molar refractivity (Wildman–Crippen MR) is 97.5 cm³/mol. The lowest BCUT2D eigenvalue weighted by atomic mass is 10.1. The molecule has 6 nitrogen and oxygen atoms in total. The molecule has 1 aromatic carbocycles. The molecule has 2 aromatic heterocycles. The maximum Gasteiger partial charge on any atom is 0.321 e. The number of aliphatic hydroxyl groups excluding tert-OH is 1. The molecule has 2 amide bonds. The van der Waals surface area contributed by atoms with Gasteiger partial charge in [-0.3, -0.25) is 5.32 Å². The van der Waals surface area contributed by atoms with Gasteiger partial charge in [-0.15, -0.1) is 11.3 Å². The van der Waals surface area contributed by atoms with Crippen LogP contribution in [0.5, 0.6) is 0 Å². The van der Waals surface area contributed by atoms with Gasteiger partial charge in [0.15, 0.2) is 5.13 Å². The van der Waals surface area contributed by atoms with Crippen LogP contribution in [0, 0.1) is 13.8 Å². The van der Waals surface area contributed by atoms with E-state index in [1.807, 2.05) is 49.6 Å². The monoisotopic (exact) mass is 357 g/mol. The number of nitrogens with zero attached hydrogens (tertiary/aromatic N) is 1. The molecule has 0 aliphatic carbocycles. The van der Waals surface area contributed by atoms with Gasteiger partial charge in [-0.2, -0.15) is 0 Å². The summed E-state index contributed by atoms with van der Waals surface area (Å²) in [6.07, 6.45) is 0. The number of nitrogens with one attached hydrogen (secondary N) is 2. The van der Waals surface area contributed by atoms with Crippen LogP contribution in [0.1, 0.15) is 22.6 Å². The number of amides is 2. The molecule has 0 unspecified atom stereocenters. The largest absolute Gasteiger partial charge is 0.466 e. The molecule has 0 spiro atoms. The molecule has 0 aliphatic rings. The molecule has 25 heavy (non-hydrogen) atoms. The molecule has 0 fully saturated rings. The Kier molecular flexibility index (Phi) is 5.16. The van der Waals surface area contributed by atoms with E-state index in [4.69, 9.17) is 9.52 Å². The zero-order valence-electron chi connectivity index (χ0n) is 14.0. The fraction of sp³-hybridized carbons (Fsp3) is 0.222. The van der Waals surface area contributed by atoms with E-state index in [1.54, 1.807) is 0 Å². The van der Waals surface area contributed by atoms with Crippen LogP contribution < -0.4 is 10.6 Å². The van der Waals surface area contributed by atoms with Crippen LogP contribution in [-0.2, 0) is 13.2 Å². The Labute approximate surface area is 149 Å². The molecule has 0 bridgehead atoms. The molecular weight excluding hydrogens is 338 g/mol. The van der Waals surface area contributed by atoms with E-state index in [-0.39, 0.29) is 12.6 Å². The Morgan fingerprint density at radius 3 is 2.80 bits per heavy atom. The summed E-state index contributed by atoms with van der Waals surface area (Å²) in [6, 6.07) is 9.04. The fourth-order valence-electron chi connectivity index (χ4n) is 2.50. The number of carbonyl (C=O) groups excluding carboxylic acids is 1. The molecule has 130 valence electrons. The number of aliphatic hydroxyl groups is 1. The number of anilines is 1. The van der Waals surface area contributed by atoms with Gasteiger partial charge in [0.1, 0.15) is 11.5 Å². The van der Waals surface area contributed by atoms with Gasteiger partial charge in [-0.05, 0) is 31.0 Å². The van der Waals surface area contributed by atoms with E-state index < -0.39 is 0 Å². The number of furan rings is 1. The molecular formula is C18H19N3O3S. The number of aromatic nitrogens is 1. The first-order valence-corrected chi connectivity index (χ1v) is 8.69. The van der Waals surface area contributed by atoms with E-state index in [0.29, 0.717) is 11.7 Å². The minimum atomic E-state index is -0.324. The third-order valence-electron chi connectivity index (χ3n) is 3.67. The molecule has 0 aliphatic heterocycles. The highest BCUT2D eigenvalue weighted by Crippen LogP contribution is 2.29. The number of aryl methyl sites for hydroxylation is 2. The van der Waals surface area contributed by atoms with E-state index in [0.717, 1.165) is 33.9 Å². The Hall–Kier alpha value is -2.64. The topological polar surface area (TPSA) is 87.4 Å². The van der Waals surface area contributed by atoms with Gasteiger partial charge in [-0.25, -0.2) is 9.78 Å².